The second-order valence-corrected chi connectivity index (χ2v) is 13.1. The van der Waals surface area contributed by atoms with Crippen LogP contribution >= 0.6 is 0 Å². The van der Waals surface area contributed by atoms with Crippen LogP contribution in [0.15, 0.2) is 60.7 Å². The number of fused-ring (bicyclic) bond motifs is 2. The SMILES string of the molecule is CN(Cc1cccc2ccccc12)C(=O)[C@H]1CCCN(c2cccc3c2C(=O)N([C@@H]2CCS(=O)(=O)C2)C3=O)C1. The number of anilines is 1. The molecule has 0 bridgehead atoms. The summed E-state index contributed by atoms with van der Waals surface area (Å²) < 4.78 is 24.1. The van der Waals surface area contributed by atoms with Crippen LogP contribution in [-0.4, -0.2) is 73.6 Å². The van der Waals surface area contributed by atoms with E-state index in [-0.39, 0.29) is 29.8 Å². The molecule has 0 radical (unpaired) electrons. The van der Waals surface area contributed by atoms with Gasteiger partial charge >= 0.3 is 0 Å². The van der Waals surface area contributed by atoms with Crippen molar-refractivity contribution in [3.63, 3.8) is 0 Å². The van der Waals surface area contributed by atoms with Crippen LogP contribution in [0.5, 0.6) is 0 Å². The molecule has 2 saturated heterocycles. The van der Waals surface area contributed by atoms with E-state index in [1.165, 1.54) is 0 Å². The number of imide groups is 1. The predicted octanol–water partition coefficient (Wildman–Crippen LogP) is 3.50. The van der Waals surface area contributed by atoms with Crippen LogP contribution in [0.3, 0.4) is 0 Å². The summed E-state index contributed by atoms with van der Waals surface area (Å²) in [6, 6.07) is 18.9. The number of amides is 3. The van der Waals surface area contributed by atoms with Crippen molar-refractivity contribution >= 4 is 44.0 Å². The van der Waals surface area contributed by atoms with E-state index in [1.54, 1.807) is 17.0 Å². The number of piperidine rings is 1. The molecular formula is C30H31N3O5S. The van der Waals surface area contributed by atoms with Crippen molar-refractivity contribution in [1.82, 2.24) is 9.80 Å². The first-order valence-corrected chi connectivity index (χ1v) is 15.2. The minimum Gasteiger partial charge on any atom is -0.370 e. The van der Waals surface area contributed by atoms with Gasteiger partial charge in [-0.3, -0.25) is 19.3 Å². The van der Waals surface area contributed by atoms with Crippen molar-refractivity contribution in [3.8, 4) is 0 Å². The maximum atomic E-state index is 13.6. The van der Waals surface area contributed by atoms with Gasteiger partial charge in [0.15, 0.2) is 9.84 Å². The highest BCUT2D eigenvalue weighted by atomic mass is 32.2. The smallest absolute Gasteiger partial charge is 0.263 e. The monoisotopic (exact) mass is 545 g/mol. The third kappa shape index (κ3) is 4.58. The van der Waals surface area contributed by atoms with Crippen molar-refractivity contribution in [2.45, 2.75) is 31.8 Å². The number of nitrogens with zero attached hydrogens (tertiary/aromatic N) is 3. The fraction of sp³-hybridized carbons (Fsp3) is 0.367. The van der Waals surface area contributed by atoms with Crippen molar-refractivity contribution < 1.29 is 22.8 Å². The summed E-state index contributed by atoms with van der Waals surface area (Å²) in [7, 11) is -1.42. The van der Waals surface area contributed by atoms with Gasteiger partial charge in [0.2, 0.25) is 5.91 Å². The molecule has 0 N–H and O–H groups in total. The number of rotatable bonds is 5. The lowest BCUT2D eigenvalue weighted by Crippen LogP contribution is -2.44. The molecule has 0 unspecified atom stereocenters. The maximum Gasteiger partial charge on any atom is 0.263 e. The molecule has 202 valence electrons. The lowest BCUT2D eigenvalue weighted by molar-refractivity contribution is -0.135. The zero-order chi connectivity index (χ0) is 27.3. The summed E-state index contributed by atoms with van der Waals surface area (Å²) in [6.07, 6.45) is 1.81. The molecule has 6 rings (SSSR count). The lowest BCUT2D eigenvalue weighted by Gasteiger charge is -2.36. The molecule has 2 atom stereocenters. The van der Waals surface area contributed by atoms with Crippen LogP contribution in [0.25, 0.3) is 10.8 Å². The fourth-order valence-corrected chi connectivity index (χ4v) is 8.03. The second kappa shape index (κ2) is 9.79. The Balaban J connectivity index is 1.21. The highest BCUT2D eigenvalue weighted by Crippen LogP contribution is 2.36. The summed E-state index contributed by atoms with van der Waals surface area (Å²) in [4.78, 5) is 45.2. The molecule has 3 amide bonds. The van der Waals surface area contributed by atoms with Crippen LogP contribution in [0.1, 0.15) is 45.5 Å². The van der Waals surface area contributed by atoms with Crippen LogP contribution in [0.4, 0.5) is 5.69 Å². The van der Waals surface area contributed by atoms with Crippen LogP contribution in [-0.2, 0) is 21.2 Å². The summed E-state index contributed by atoms with van der Waals surface area (Å²) >= 11 is 0. The van der Waals surface area contributed by atoms with Crippen molar-refractivity contribution in [3.05, 3.63) is 77.4 Å². The Morgan fingerprint density at radius 1 is 0.974 bits per heavy atom. The average molecular weight is 546 g/mol. The number of hydrogen-bond acceptors (Lipinski definition) is 6. The standard InChI is InChI=1S/C30H31N3O5S/c1-31(17-21-9-4-8-20-7-2-3-11-24(20)21)28(34)22-10-6-15-32(18-22)26-13-5-12-25-27(26)30(36)33(29(25)35)23-14-16-39(37,38)19-23/h2-5,7-9,11-13,22-23H,6,10,14-19H2,1H3/t22-,23+/m0/s1. The molecule has 8 nitrogen and oxygen atoms in total. The van der Waals surface area contributed by atoms with Gasteiger partial charge in [-0.05, 0) is 47.7 Å². The summed E-state index contributed by atoms with van der Waals surface area (Å²) in [5.74, 6) is -1.25. The minimum absolute atomic E-state index is 0.0138. The molecule has 3 heterocycles. The Labute approximate surface area is 228 Å². The van der Waals surface area contributed by atoms with Gasteiger partial charge in [0.25, 0.3) is 11.8 Å². The summed E-state index contributed by atoms with van der Waals surface area (Å²) in [5, 5.41) is 2.27. The first-order chi connectivity index (χ1) is 18.7. The highest BCUT2D eigenvalue weighted by Gasteiger charge is 2.46. The Hall–Kier alpha value is -3.72. The molecule has 3 aromatic carbocycles. The Morgan fingerprint density at radius 2 is 1.74 bits per heavy atom. The van der Waals surface area contributed by atoms with Gasteiger partial charge in [0.05, 0.1) is 40.3 Å². The van der Waals surface area contributed by atoms with Gasteiger partial charge in [-0.25, -0.2) is 8.42 Å². The molecular weight excluding hydrogens is 514 g/mol. The lowest BCUT2D eigenvalue weighted by atomic mass is 9.94. The number of carbonyl (C=O) groups excluding carboxylic acids is 3. The Bertz CT molecular complexity index is 1600. The third-order valence-electron chi connectivity index (χ3n) is 8.27. The normalized spacial score (nSPS) is 22.4. The van der Waals surface area contributed by atoms with Gasteiger partial charge < -0.3 is 9.80 Å². The van der Waals surface area contributed by atoms with Crippen LogP contribution in [0.2, 0.25) is 0 Å². The molecule has 39 heavy (non-hydrogen) atoms. The van der Waals surface area contributed by atoms with E-state index in [9.17, 15) is 22.8 Å². The maximum absolute atomic E-state index is 13.6. The Morgan fingerprint density at radius 3 is 2.54 bits per heavy atom. The van der Waals surface area contributed by atoms with E-state index in [1.807, 2.05) is 36.2 Å². The number of sulfone groups is 1. The molecule has 0 aliphatic carbocycles. The second-order valence-electron chi connectivity index (χ2n) is 10.9. The molecule has 0 saturated carbocycles. The van der Waals surface area contributed by atoms with E-state index in [2.05, 4.69) is 24.3 Å². The number of hydrogen-bond donors (Lipinski definition) is 0. The molecule has 3 aliphatic rings. The topological polar surface area (TPSA) is 95.1 Å². The first kappa shape index (κ1) is 25.6. The van der Waals surface area contributed by atoms with Crippen molar-refractivity contribution in [1.29, 1.82) is 0 Å². The van der Waals surface area contributed by atoms with Gasteiger partial charge in [-0.1, -0.05) is 48.5 Å². The predicted molar refractivity (Wildman–Crippen MR) is 149 cm³/mol. The molecule has 0 aromatic heterocycles. The van der Waals surface area contributed by atoms with E-state index in [0.717, 1.165) is 34.1 Å². The zero-order valence-electron chi connectivity index (χ0n) is 21.9. The fourth-order valence-electron chi connectivity index (χ4n) is 6.33. The Kier molecular flexibility index (Phi) is 6.41. The average Bonchev–Trinajstić information content (AvgIpc) is 3.43. The van der Waals surface area contributed by atoms with E-state index in [0.29, 0.717) is 36.4 Å². The van der Waals surface area contributed by atoms with Gasteiger partial charge in [0.1, 0.15) is 0 Å². The summed E-state index contributed by atoms with van der Waals surface area (Å²) in [5.41, 5.74) is 2.37. The minimum atomic E-state index is -3.26. The van der Waals surface area contributed by atoms with E-state index >= 15 is 0 Å². The van der Waals surface area contributed by atoms with Crippen LogP contribution < -0.4 is 4.90 Å². The van der Waals surface area contributed by atoms with Crippen LogP contribution in [0, 0.1) is 5.92 Å². The largest absolute Gasteiger partial charge is 0.370 e. The number of benzene rings is 3. The third-order valence-corrected chi connectivity index (χ3v) is 10.0. The quantitative estimate of drug-likeness (QED) is 0.456. The van der Waals surface area contributed by atoms with Gasteiger partial charge in [-0.2, -0.15) is 0 Å². The molecule has 0 spiro atoms. The van der Waals surface area contributed by atoms with Crippen molar-refractivity contribution in [2.24, 2.45) is 5.92 Å². The van der Waals surface area contributed by atoms with E-state index in [4.69, 9.17) is 0 Å². The zero-order valence-corrected chi connectivity index (χ0v) is 22.7. The van der Waals surface area contributed by atoms with E-state index < -0.39 is 27.7 Å². The molecule has 3 aromatic rings. The highest BCUT2D eigenvalue weighted by molar-refractivity contribution is 7.91. The molecule has 2 fully saturated rings. The summed E-state index contributed by atoms with van der Waals surface area (Å²) in [6.45, 7) is 1.63. The van der Waals surface area contributed by atoms with Gasteiger partial charge in [0, 0.05) is 26.7 Å². The molecule has 9 heteroatoms. The van der Waals surface area contributed by atoms with Gasteiger partial charge in [-0.15, -0.1) is 0 Å². The first-order valence-electron chi connectivity index (χ1n) is 13.4. The molecule has 3 aliphatic heterocycles. The van der Waals surface area contributed by atoms with Crippen molar-refractivity contribution in [2.75, 3.05) is 36.5 Å². The number of carbonyl (C=O) groups is 3.